The number of benzene rings is 6. The molecule has 0 saturated heterocycles. The maximum Gasteiger partial charge on any atom is 0.343 e. The summed E-state index contributed by atoms with van der Waals surface area (Å²) in [4.78, 5) is 45.6. The van der Waals surface area contributed by atoms with Crippen LogP contribution in [0.2, 0.25) is 0 Å². The van der Waals surface area contributed by atoms with Gasteiger partial charge in [0.25, 0.3) is 0 Å². The molecule has 6 rings (SSSR count). The van der Waals surface area contributed by atoms with E-state index in [0.29, 0.717) is 57.4 Å². The van der Waals surface area contributed by atoms with E-state index >= 15 is 0 Å². The average Bonchev–Trinajstić information content (AvgIpc) is 3.42. The summed E-state index contributed by atoms with van der Waals surface area (Å²) >= 11 is 0. The Morgan fingerprint density at radius 2 is 0.756 bits per heavy atom. The van der Waals surface area contributed by atoms with E-state index in [1.54, 1.807) is 111 Å². The summed E-state index contributed by atoms with van der Waals surface area (Å²) in [7, 11) is 0. The van der Waals surface area contributed by atoms with E-state index in [9.17, 15) is 19.2 Å². The second-order valence-electron chi connectivity index (χ2n) is 15.6. The summed E-state index contributed by atoms with van der Waals surface area (Å²) in [5, 5.41) is 17.6. The molecular weight excluding hydrogens is 1040 g/mol. The Balaban J connectivity index is -0.000000253. The third kappa shape index (κ3) is 30.7. The molecule has 0 aliphatic heterocycles. The number of carbonyl (C=O) groups excluding carboxylic acids is 4. The van der Waals surface area contributed by atoms with Crippen LogP contribution in [0.1, 0.15) is 135 Å². The molecule has 82 heavy (non-hydrogen) atoms. The van der Waals surface area contributed by atoms with Gasteiger partial charge in [0, 0.05) is 17.2 Å². The van der Waals surface area contributed by atoms with Crippen molar-refractivity contribution < 1.29 is 57.1 Å². The summed E-state index contributed by atoms with van der Waals surface area (Å²) in [5.41, 5.74) is 6.34. The highest BCUT2D eigenvalue weighted by Crippen LogP contribution is 2.25. The van der Waals surface area contributed by atoms with Gasteiger partial charge in [-0.05, 0) is 140 Å². The van der Waals surface area contributed by atoms with Crippen molar-refractivity contribution in [2.24, 2.45) is 0 Å². The molecule has 0 aliphatic carbocycles. The third-order valence-corrected chi connectivity index (χ3v) is 9.92. The predicted molar refractivity (Wildman–Crippen MR) is 336 cm³/mol. The fraction of sp³-hybridized carbons (Fsp3) is 0.294. The van der Waals surface area contributed by atoms with Gasteiger partial charge >= 0.3 is 23.9 Å². The maximum atomic E-state index is 12.3. The van der Waals surface area contributed by atoms with Gasteiger partial charge in [0.1, 0.15) is 28.7 Å². The molecule has 0 aromatic heterocycles. The van der Waals surface area contributed by atoms with Crippen LogP contribution in [0.25, 0.3) is 22.3 Å². The minimum absolute atomic E-state index is 0. The summed E-state index contributed by atoms with van der Waals surface area (Å²) in [6.07, 6.45) is 5.65. The Morgan fingerprint density at radius 1 is 0.439 bits per heavy atom. The number of nitrogens with zero attached hydrogens (tertiary/aromatic N) is 2. The van der Waals surface area contributed by atoms with Gasteiger partial charge in [-0.3, -0.25) is 0 Å². The second kappa shape index (κ2) is 46.5. The molecule has 0 saturated carbocycles. The van der Waals surface area contributed by atoms with Gasteiger partial charge in [0.2, 0.25) is 20.4 Å². The molecule has 0 fully saturated rings. The van der Waals surface area contributed by atoms with Crippen molar-refractivity contribution in [2.75, 3.05) is 27.0 Å². The van der Waals surface area contributed by atoms with Gasteiger partial charge in [-0.1, -0.05) is 161 Å². The van der Waals surface area contributed by atoms with Crippen LogP contribution in [-0.2, 0) is 28.6 Å². The Morgan fingerprint density at radius 3 is 1.10 bits per heavy atom. The Bertz CT molecular complexity index is 2700. The first-order valence-electron chi connectivity index (χ1n) is 22.9. The quantitative estimate of drug-likeness (QED) is 0.0156. The monoisotopic (exact) mass is 1130 g/mol. The van der Waals surface area contributed by atoms with E-state index in [-0.39, 0.29) is 87.2 Å². The van der Waals surface area contributed by atoms with E-state index in [2.05, 4.69) is 38.8 Å². The average molecular weight is 1130 g/mol. The highest BCUT2D eigenvalue weighted by atomic mass is 16.7. The lowest BCUT2D eigenvalue weighted by Gasteiger charge is -2.09. The van der Waals surface area contributed by atoms with Crippen molar-refractivity contribution in [1.29, 1.82) is 10.5 Å². The molecule has 446 valence electrons. The Hall–Kier alpha value is -9.40. The highest BCUT2D eigenvalue weighted by molar-refractivity contribution is 5.91. The van der Waals surface area contributed by atoms with Crippen LogP contribution in [0.5, 0.6) is 28.7 Å². The number of esters is 4. The van der Waals surface area contributed by atoms with Crippen molar-refractivity contribution in [3.8, 4) is 63.1 Å². The summed E-state index contributed by atoms with van der Waals surface area (Å²) in [5.74, 6) is 0.840. The Kier molecular flexibility index (Phi) is 47.6. The fourth-order valence-electron chi connectivity index (χ4n) is 5.90. The normalized spacial score (nSPS) is 8.74. The molecule has 14 heteroatoms. The molecule has 0 bridgehead atoms. The minimum atomic E-state index is -0.571. The lowest BCUT2D eigenvalue weighted by molar-refractivity contribution is -0.146. The molecule has 0 unspecified atom stereocenters. The molecule has 14 nitrogen and oxygen atoms in total. The van der Waals surface area contributed by atoms with E-state index in [0.717, 1.165) is 46.9 Å². The zero-order valence-corrected chi connectivity index (χ0v) is 41.0. The number of nitriles is 2. The van der Waals surface area contributed by atoms with E-state index in [1.165, 1.54) is 12.8 Å². The van der Waals surface area contributed by atoms with Crippen molar-refractivity contribution >= 4 is 23.9 Å². The summed E-state index contributed by atoms with van der Waals surface area (Å²) in [6, 6.07) is 46.9. The molecule has 0 radical (unpaired) electrons. The standard InChI is InChI=1S/C23H26O6.2C18H15NO3.9CH4/c1-3-5-6-7-16-26-19-12-14-21(15-13-19)29-23(25)18-8-10-20(11-9-18)27-17-28-22(24)4-2;2*1-13(2)18(20)22-12-21-17-9-7-16(8-10-17)15-5-3-14(11-19)4-6-15;;;;;;;;;/h4,8-15H,2-3,5-7,16-17H2,1H3;2*3-10H,1,12H2,2H3;9*1H4. The number of hydrogen-bond donors (Lipinski definition) is 0. The van der Waals surface area contributed by atoms with E-state index < -0.39 is 23.9 Å². The van der Waals surface area contributed by atoms with Crippen LogP contribution in [0, 0.1) is 22.7 Å². The summed E-state index contributed by atoms with van der Waals surface area (Å²) in [6.45, 7) is 15.7. The lowest BCUT2D eigenvalue weighted by atomic mass is 10.0. The van der Waals surface area contributed by atoms with Crippen LogP contribution >= 0.6 is 0 Å². The van der Waals surface area contributed by atoms with Crippen LogP contribution in [-0.4, -0.2) is 50.9 Å². The number of ether oxygens (including phenoxy) is 8. The molecular formula is C68H92N2O12. The molecule has 0 amide bonds. The molecule has 6 aromatic carbocycles. The Labute approximate surface area is 492 Å². The lowest BCUT2D eigenvalue weighted by Crippen LogP contribution is -2.10. The third-order valence-electron chi connectivity index (χ3n) is 9.92. The minimum Gasteiger partial charge on any atom is -0.494 e. The van der Waals surface area contributed by atoms with Crippen molar-refractivity contribution in [3.05, 3.63) is 199 Å². The van der Waals surface area contributed by atoms with Gasteiger partial charge in [-0.25, -0.2) is 19.2 Å². The van der Waals surface area contributed by atoms with Crippen molar-refractivity contribution in [1.82, 2.24) is 0 Å². The molecule has 6 aromatic rings. The number of carbonyl (C=O) groups is 4. The topological polar surface area (TPSA) is 190 Å². The summed E-state index contributed by atoms with van der Waals surface area (Å²) < 4.78 is 41.4. The second-order valence-corrected chi connectivity index (χ2v) is 15.6. The SMILES string of the molecule is C.C.C.C.C.C.C.C.C.C=C(C)C(=O)OCOc1ccc(-c2ccc(C#N)cc2)cc1.C=C(C)C(=O)OCOc1ccc(-c2ccc(C#N)cc2)cc1.C=CC(=O)OCOc1ccc(C(=O)Oc2ccc(OCCCCCC)cc2)cc1. The molecule has 0 spiro atoms. The van der Waals surface area contributed by atoms with Gasteiger partial charge in [0.15, 0.2) is 0 Å². The number of rotatable bonds is 22. The van der Waals surface area contributed by atoms with E-state index in [1.807, 2.05) is 48.5 Å². The number of hydrogen-bond acceptors (Lipinski definition) is 14. The largest absolute Gasteiger partial charge is 0.494 e. The smallest absolute Gasteiger partial charge is 0.343 e. The molecule has 0 atom stereocenters. The first-order valence-corrected chi connectivity index (χ1v) is 22.9. The number of unbranched alkanes of at least 4 members (excludes halogenated alkanes) is 3. The first-order chi connectivity index (χ1) is 35.3. The van der Waals surface area contributed by atoms with Crippen LogP contribution in [0.3, 0.4) is 0 Å². The van der Waals surface area contributed by atoms with Crippen molar-refractivity contribution in [3.63, 3.8) is 0 Å². The first kappa shape index (κ1) is 83.9. The molecule has 0 aliphatic rings. The molecule has 0 heterocycles. The zero-order chi connectivity index (χ0) is 52.8. The highest BCUT2D eigenvalue weighted by Gasteiger charge is 2.10. The van der Waals surface area contributed by atoms with Crippen LogP contribution in [0.4, 0.5) is 0 Å². The fourth-order valence-corrected chi connectivity index (χ4v) is 5.90. The van der Waals surface area contributed by atoms with Crippen LogP contribution in [0.15, 0.2) is 183 Å². The van der Waals surface area contributed by atoms with Crippen LogP contribution < -0.4 is 23.7 Å². The van der Waals surface area contributed by atoms with Gasteiger partial charge < -0.3 is 37.9 Å². The maximum absolute atomic E-state index is 12.3. The predicted octanol–water partition coefficient (Wildman–Crippen LogP) is 18.0. The zero-order valence-electron chi connectivity index (χ0n) is 41.0. The van der Waals surface area contributed by atoms with E-state index in [4.69, 9.17) is 48.4 Å². The van der Waals surface area contributed by atoms with Crippen molar-refractivity contribution in [2.45, 2.75) is 113 Å². The van der Waals surface area contributed by atoms with Gasteiger partial charge in [-0.2, -0.15) is 10.5 Å². The molecule has 0 N–H and O–H groups in total. The van der Waals surface area contributed by atoms with Gasteiger partial charge in [-0.15, -0.1) is 0 Å². The van der Waals surface area contributed by atoms with Gasteiger partial charge in [0.05, 0.1) is 35.4 Å².